The molecule has 1 fully saturated rings. The average molecular weight is 277 g/mol. The van der Waals surface area contributed by atoms with Crippen molar-refractivity contribution in [2.24, 2.45) is 5.84 Å². The van der Waals surface area contributed by atoms with Gasteiger partial charge in [-0.15, -0.1) is 0 Å². The standard InChI is InChI=1S/C14H23N5O/c1-18-8-6-12(7-9-18)19(2)10-11-4-3-5-13(16-11)14(20)17-15/h3-5,12H,6-10,15H2,1-2H3,(H,17,20). The van der Waals surface area contributed by atoms with Gasteiger partial charge >= 0.3 is 0 Å². The lowest BCUT2D eigenvalue weighted by atomic mass is 10.0. The Labute approximate surface area is 119 Å². The molecule has 0 aliphatic carbocycles. The number of carbonyl (C=O) groups excluding carboxylic acids is 1. The zero-order chi connectivity index (χ0) is 14.5. The Morgan fingerprint density at radius 2 is 2.20 bits per heavy atom. The van der Waals surface area contributed by atoms with Crippen molar-refractivity contribution in [3.8, 4) is 0 Å². The molecule has 3 N–H and O–H groups in total. The van der Waals surface area contributed by atoms with Gasteiger partial charge in [0, 0.05) is 12.6 Å². The summed E-state index contributed by atoms with van der Waals surface area (Å²) < 4.78 is 0. The first-order valence-corrected chi connectivity index (χ1v) is 6.96. The predicted octanol–water partition coefficient (Wildman–Crippen LogP) is 0.211. The van der Waals surface area contributed by atoms with Gasteiger partial charge in [0.1, 0.15) is 5.69 Å². The van der Waals surface area contributed by atoms with Gasteiger partial charge in [-0.1, -0.05) is 6.07 Å². The Morgan fingerprint density at radius 1 is 1.50 bits per heavy atom. The first-order chi connectivity index (χ1) is 9.60. The van der Waals surface area contributed by atoms with Crippen LogP contribution in [0.4, 0.5) is 0 Å². The van der Waals surface area contributed by atoms with Crippen molar-refractivity contribution in [3.05, 3.63) is 29.6 Å². The van der Waals surface area contributed by atoms with Crippen LogP contribution in [0.5, 0.6) is 0 Å². The van der Waals surface area contributed by atoms with Gasteiger partial charge in [0.05, 0.1) is 5.69 Å². The number of nitrogen functional groups attached to an aromatic ring is 1. The van der Waals surface area contributed by atoms with Crippen molar-refractivity contribution in [3.63, 3.8) is 0 Å². The van der Waals surface area contributed by atoms with Crippen molar-refractivity contribution >= 4 is 5.91 Å². The highest BCUT2D eigenvalue weighted by atomic mass is 16.2. The number of hydrogen-bond donors (Lipinski definition) is 2. The molecule has 110 valence electrons. The summed E-state index contributed by atoms with van der Waals surface area (Å²) in [5, 5.41) is 0. The van der Waals surface area contributed by atoms with Crippen molar-refractivity contribution in [1.82, 2.24) is 20.2 Å². The molecule has 1 amide bonds. The number of piperidine rings is 1. The van der Waals surface area contributed by atoms with Crippen LogP contribution in [0.25, 0.3) is 0 Å². The van der Waals surface area contributed by atoms with E-state index in [9.17, 15) is 4.79 Å². The van der Waals surface area contributed by atoms with Crippen LogP contribution in [-0.2, 0) is 6.54 Å². The zero-order valence-corrected chi connectivity index (χ0v) is 12.2. The van der Waals surface area contributed by atoms with Crippen molar-refractivity contribution in [2.45, 2.75) is 25.4 Å². The minimum Gasteiger partial charge on any atom is -0.306 e. The smallest absolute Gasteiger partial charge is 0.283 e. The molecule has 0 atom stereocenters. The third-order valence-electron chi connectivity index (χ3n) is 3.89. The topological polar surface area (TPSA) is 74.5 Å². The Balaban J connectivity index is 1.97. The van der Waals surface area contributed by atoms with Crippen molar-refractivity contribution in [1.29, 1.82) is 0 Å². The molecule has 0 aromatic carbocycles. The fourth-order valence-electron chi connectivity index (χ4n) is 2.59. The number of hydrogen-bond acceptors (Lipinski definition) is 5. The number of hydrazine groups is 1. The summed E-state index contributed by atoms with van der Waals surface area (Å²) in [5.41, 5.74) is 3.37. The van der Waals surface area contributed by atoms with E-state index in [1.807, 2.05) is 12.1 Å². The van der Waals surface area contributed by atoms with Gasteiger partial charge in [-0.2, -0.15) is 0 Å². The number of nitrogens with one attached hydrogen (secondary N) is 1. The highest BCUT2D eigenvalue weighted by Crippen LogP contribution is 2.16. The molecular weight excluding hydrogens is 254 g/mol. The molecule has 6 heteroatoms. The van der Waals surface area contributed by atoms with Crippen LogP contribution in [0.1, 0.15) is 29.0 Å². The molecule has 2 heterocycles. The Hall–Kier alpha value is -1.50. The molecular formula is C14H23N5O. The van der Waals surface area contributed by atoms with Gasteiger partial charge in [0.15, 0.2) is 0 Å². The molecule has 0 radical (unpaired) electrons. The van der Waals surface area contributed by atoms with E-state index in [-0.39, 0.29) is 5.91 Å². The van der Waals surface area contributed by atoms with Gasteiger partial charge in [0.25, 0.3) is 5.91 Å². The molecule has 2 rings (SSSR count). The zero-order valence-electron chi connectivity index (χ0n) is 12.2. The van der Waals surface area contributed by atoms with Crippen LogP contribution < -0.4 is 11.3 Å². The fourth-order valence-corrected chi connectivity index (χ4v) is 2.59. The third-order valence-corrected chi connectivity index (χ3v) is 3.89. The summed E-state index contributed by atoms with van der Waals surface area (Å²) in [5.74, 6) is 4.78. The molecule has 0 unspecified atom stereocenters. The number of carbonyl (C=O) groups is 1. The molecule has 0 bridgehead atoms. The summed E-state index contributed by atoms with van der Waals surface area (Å²) in [6.07, 6.45) is 2.35. The number of rotatable bonds is 4. The number of aromatic nitrogens is 1. The number of amides is 1. The lowest BCUT2D eigenvalue weighted by Crippen LogP contribution is -2.41. The minimum atomic E-state index is -0.353. The first kappa shape index (κ1) is 14.9. The van der Waals surface area contributed by atoms with E-state index >= 15 is 0 Å². The van der Waals surface area contributed by atoms with Crippen LogP contribution in [0, 0.1) is 0 Å². The van der Waals surface area contributed by atoms with E-state index in [2.05, 4.69) is 34.3 Å². The molecule has 6 nitrogen and oxygen atoms in total. The van der Waals surface area contributed by atoms with E-state index in [0.29, 0.717) is 11.7 Å². The highest BCUT2D eigenvalue weighted by molar-refractivity contribution is 5.91. The van der Waals surface area contributed by atoms with Crippen LogP contribution in [0.2, 0.25) is 0 Å². The van der Waals surface area contributed by atoms with E-state index in [1.54, 1.807) is 6.07 Å². The maximum Gasteiger partial charge on any atom is 0.283 e. The second-order valence-electron chi connectivity index (χ2n) is 5.44. The summed E-state index contributed by atoms with van der Waals surface area (Å²) in [4.78, 5) is 20.5. The number of nitrogens with two attached hydrogens (primary N) is 1. The van der Waals surface area contributed by atoms with E-state index in [1.165, 1.54) is 12.8 Å². The second-order valence-corrected chi connectivity index (χ2v) is 5.44. The maximum atomic E-state index is 11.5. The van der Waals surface area contributed by atoms with E-state index in [0.717, 1.165) is 25.3 Å². The molecule has 1 aliphatic rings. The first-order valence-electron chi connectivity index (χ1n) is 6.96. The number of likely N-dealkylation sites (tertiary alicyclic amines) is 1. The fraction of sp³-hybridized carbons (Fsp3) is 0.571. The van der Waals surface area contributed by atoms with E-state index < -0.39 is 0 Å². The third kappa shape index (κ3) is 3.75. The van der Waals surface area contributed by atoms with Gasteiger partial charge in [-0.3, -0.25) is 15.1 Å². The van der Waals surface area contributed by atoms with Gasteiger partial charge in [-0.25, -0.2) is 10.8 Å². The van der Waals surface area contributed by atoms with Crippen LogP contribution in [-0.4, -0.2) is 53.9 Å². The minimum absolute atomic E-state index is 0.353. The van der Waals surface area contributed by atoms with Crippen LogP contribution in [0.3, 0.4) is 0 Å². The Kier molecular flexibility index (Phi) is 5.05. The highest BCUT2D eigenvalue weighted by Gasteiger charge is 2.20. The summed E-state index contributed by atoms with van der Waals surface area (Å²) in [6.45, 7) is 3.02. The lowest BCUT2D eigenvalue weighted by molar-refractivity contribution is 0.0947. The van der Waals surface area contributed by atoms with E-state index in [4.69, 9.17) is 5.84 Å². The molecule has 1 saturated heterocycles. The number of nitrogens with zero attached hydrogens (tertiary/aromatic N) is 3. The SMILES string of the molecule is CN1CCC(N(C)Cc2cccc(C(=O)NN)n2)CC1. The van der Waals surface area contributed by atoms with Crippen molar-refractivity contribution in [2.75, 3.05) is 27.2 Å². The Morgan fingerprint density at radius 3 is 2.85 bits per heavy atom. The molecule has 1 aromatic rings. The monoisotopic (exact) mass is 277 g/mol. The predicted molar refractivity (Wildman–Crippen MR) is 77.9 cm³/mol. The molecule has 1 aliphatic heterocycles. The van der Waals surface area contributed by atoms with Crippen molar-refractivity contribution < 1.29 is 4.79 Å². The molecule has 1 aromatic heterocycles. The van der Waals surface area contributed by atoms with Gasteiger partial charge < -0.3 is 4.90 Å². The van der Waals surface area contributed by atoms with Crippen LogP contribution in [0.15, 0.2) is 18.2 Å². The summed E-state index contributed by atoms with van der Waals surface area (Å²) in [6, 6.07) is 6.04. The maximum absolute atomic E-state index is 11.5. The Bertz CT molecular complexity index is 457. The molecule has 0 saturated carbocycles. The summed E-state index contributed by atoms with van der Waals surface area (Å²) in [7, 11) is 4.28. The average Bonchev–Trinajstić information content (AvgIpc) is 2.47. The largest absolute Gasteiger partial charge is 0.306 e. The lowest BCUT2D eigenvalue weighted by Gasteiger charge is -2.34. The van der Waals surface area contributed by atoms with Crippen LogP contribution >= 0.6 is 0 Å². The van der Waals surface area contributed by atoms with Gasteiger partial charge in [-0.05, 0) is 52.2 Å². The normalized spacial score (nSPS) is 17.4. The van der Waals surface area contributed by atoms with Gasteiger partial charge in [0.2, 0.25) is 0 Å². The number of pyridine rings is 1. The molecule has 0 spiro atoms. The quantitative estimate of drug-likeness (QED) is 0.467. The molecule has 20 heavy (non-hydrogen) atoms. The second kappa shape index (κ2) is 6.78. The summed E-state index contributed by atoms with van der Waals surface area (Å²) >= 11 is 0.